The second-order valence-corrected chi connectivity index (χ2v) is 4.63. The van der Waals surface area contributed by atoms with Crippen LogP contribution in [-0.4, -0.2) is 17.2 Å². The van der Waals surface area contributed by atoms with E-state index >= 15 is 0 Å². The van der Waals surface area contributed by atoms with Crippen LogP contribution in [0.25, 0.3) is 10.6 Å². The Bertz CT molecular complexity index is 501. The first-order valence-corrected chi connectivity index (χ1v) is 5.82. The van der Waals surface area contributed by atoms with Crippen LogP contribution < -0.4 is 5.32 Å². The Morgan fingerprint density at radius 2 is 2.25 bits per heavy atom. The van der Waals surface area contributed by atoms with Crippen LogP contribution in [0.4, 0.5) is 4.39 Å². The molecule has 0 spiro atoms. The van der Waals surface area contributed by atoms with Gasteiger partial charge >= 0.3 is 0 Å². The average Bonchev–Trinajstić information content (AvgIpc) is 2.71. The summed E-state index contributed by atoms with van der Waals surface area (Å²) in [6, 6.07) is 4.62. The third-order valence-corrected chi connectivity index (χ3v) is 3.24. The number of hydrogen-bond acceptors (Lipinski definition) is 4. The van der Waals surface area contributed by atoms with Crippen molar-refractivity contribution >= 4 is 22.9 Å². The van der Waals surface area contributed by atoms with Gasteiger partial charge in [0, 0.05) is 12.1 Å². The summed E-state index contributed by atoms with van der Waals surface area (Å²) < 4.78 is 13.2. The molecular formula is C10H9ClFN3S. The molecule has 0 saturated heterocycles. The Labute approximate surface area is 101 Å². The number of rotatable bonds is 3. The van der Waals surface area contributed by atoms with Gasteiger partial charge in [0.2, 0.25) is 0 Å². The largest absolute Gasteiger partial charge is 0.313 e. The van der Waals surface area contributed by atoms with Gasteiger partial charge in [-0.25, -0.2) is 4.39 Å². The maximum atomic E-state index is 13.2. The number of benzene rings is 1. The summed E-state index contributed by atoms with van der Waals surface area (Å²) >= 11 is 7.04. The van der Waals surface area contributed by atoms with Gasteiger partial charge in [0.15, 0.2) is 0 Å². The van der Waals surface area contributed by atoms with Crippen LogP contribution in [0.1, 0.15) is 5.01 Å². The molecule has 0 bridgehead atoms. The van der Waals surface area contributed by atoms with Crippen LogP contribution in [-0.2, 0) is 6.54 Å². The molecule has 3 nitrogen and oxygen atoms in total. The van der Waals surface area contributed by atoms with E-state index in [0.29, 0.717) is 17.1 Å². The van der Waals surface area contributed by atoms with Gasteiger partial charge in [-0.05, 0) is 19.2 Å². The smallest absolute Gasteiger partial charge is 0.147 e. The van der Waals surface area contributed by atoms with E-state index < -0.39 is 5.82 Å². The molecule has 6 heteroatoms. The van der Waals surface area contributed by atoms with Crippen molar-refractivity contribution in [1.29, 1.82) is 0 Å². The van der Waals surface area contributed by atoms with Crippen molar-refractivity contribution in [2.24, 2.45) is 0 Å². The molecule has 1 aromatic heterocycles. The van der Waals surface area contributed by atoms with E-state index in [1.165, 1.54) is 23.5 Å². The average molecular weight is 258 g/mol. The monoisotopic (exact) mass is 257 g/mol. The van der Waals surface area contributed by atoms with Gasteiger partial charge in [0.25, 0.3) is 0 Å². The third kappa shape index (κ3) is 2.37. The maximum absolute atomic E-state index is 13.2. The molecule has 0 amide bonds. The zero-order chi connectivity index (χ0) is 11.5. The van der Waals surface area contributed by atoms with Gasteiger partial charge < -0.3 is 5.32 Å². The van der Waals surface area contributed by atoms with E-state index in [1.54, 1.807) is 6.07 Å². The van der Waals surface area contributed by atoms with Crippen molar-refractivity contribution in [3.63, 3.8) is 0 Å². The summed E-state index contributed by atoms with van der Waals surface area (Å²) in [5.41, 5.74) is 0.696. The Hall–Kier alpha value is -1.04. The molecule has 16 heavy (non-hydrogen) atoms. The van der Waals surface area contributed by atoms with Gasteiger partial charge in [-0.3, -0.25) is 0 Å². The summed E-state index contributed by atoms with van der Waals surface area (Å²) in [6.45, 7) is 0.660. The lowest BCUT2D eigenvalue weighted by Crippen LogP contribution is -2.04. The van der Waals surface area contributed by atoms with Gasteiger partial charge in [-0.2, -0.15) is 0 Å². The van der Waals surface area contributed by atoms with Crippen LogP contribution in [0.2, 0.25) is 5.02 Å². The van der Waals surface area contributed by atoms with Gasteiger partial charge in [0.1, 0.15) is 15.8 Å². The van der Waals surface area contributed by atoms with Crippen molar-refractivity contribution < 1.29 is 4.39 Å². The summed E-state index contributed by atoms with van der Waals surface area (Å²) in [4.78, 5) is 0. The minimum atomic E-state index is -0.440. The lowest BCUT2D eigenvalue weighted by Gasteiger charge is -1.97. The Morgan fingerprint density at radius 1 is 1.44 bits per heavy atom. The standard InChI is InChI=1S/C10H9ClFN3S/c1-13-5-9-14-15-10(16-9)6-2-3-7(11)8(12)4-6/h2-4,13H,5H2,1H3. The molecular weight excluding hydrogens is 249 g/mol. The van der Waals surface area contributed by atoms with Crippen molar-refractivity contribution in [3.05, 3.63) is 34.0 Å². The summed E-state index contributed by atoms with van der Waals surface area (Å²) in [6.07, 6.45) is 0. The first kappa shape index (κ1) is 11.4. The highest BCUT2D eigenvalue weighted by atomic mass is 35.5. The minimum absolute atomic E-state index is 0.115. The molecule has 1 aromatic carbocycles. The summed E-state index contributed by atoms with van der Waals surface area (Å²) in [7, 11) is 1.84. The molecule has 0 aliphatic heterocycles. The highest BCUT2D eigenvalue weighted by molar-refractivity contribution is 7.14. The van der Waals surface area contributed by atoms with Crippen LogP contribution in [0.5, 0.6) is 0 Å². The van der Waals surface area contributed by atoms with E-state index in [0.717, 1.165) is 5.01 Å². The molecule has 0 aliphatic carbocycles. The maximum Gasteiger partial charge on any atom is 0.147 e. The topological polar surface area (TPSA) is 37.8 Å². The quantitative estimate of drug-likeness (QED) is 0.919. The summed E-state index contributed by atoms with van der Waals surface area (Å²) in [5.74, 6) is -0.440. The fraction of sp³-hybridized carbons (Fsp3) is 0.200. The molecule has 84 valence electrons. The van der Waals surface area contributed by atoms with E-state index in [2.05, 4.69) is 15.5 Å². The van der Waals surface area contributed by atoms with Crippen molar-refractivity contribution in [2.45, 2.75) is 6.54 Å². The van der Waals surface area contributed by atoms with Crippen LogP contribution in [0.3, 0.4) is 0 Å². The fourth-order valence-corrected chi connectivity index (χ4v) is 2.19. The fourth-order valence-electron chi connectivity index (χ4n) is 1.22. The zero-order valence-corrected chi connectivity index (χ0v) is 10.1. The predicted molar refractivity (Wildman–Crippen MR) is 63.1 cm³/mol. The highest BCUT2D eigenvalue weighted by Crippen LogP contribution is 2.26. The molecule has 0 radical (unpaired) electrons. The second-order valence-electron chi connectivity index (χ2n) is 3.16. The SMILES string of the molecule is CNCc1nnc(-c2ccc(Cl)c(F)c2)s1. The van der Waals surface area contributed by atoms with E-state index in [1.807, 2.05) is 7.05 Å². The number of aromatic nitrogens is 2. The zero-order valence-electron chi connectivity index (χ0n) is 8.50. The predicted octanol–water partition coefficient (Wildman–Crippen LogP) is 2.72. The molecule has 0 aliphatic rings. The number of halogens is 2. The molecule has 0 atom stereocenters. The van der Waals surface area contributed by atoms with E-state index in [-0.39, 0.29) is 5.02 Å². The van der Waals surface area contributed by atoms with E-state index in [4.69, 9.17) is 11.6 Å². The normalized spacial score (nSPS) is 10.7. The Morgan fingerprint density at radius 3 is 2.94 bits per heavy atom. The molecule has 0 saturated carbocycles. The molecule has 1 N–H and O–H groups in total. The Kier molecular flexibility index (Phi) is 3.48. The molecule has 2 rings (SSSR count). The first-order chi connectivity index (χ1) is 7.70. The first-order valence-electron chi connectivity index (χ1n) is 4.63. The second kappa shape index (κ2) is 4.86. The number of hydrogen-bond donors (Lipinski definition) is 1. The van der Waals surface area contributed by atoms with Gasteiger partial charge in [0.05, 0.1) is 5.02 Å². The molecule has 2 aromatic rings. The van der Waals surface area contributed by atoms with Crippen molar-refractivity contribution in [2.75, 3.05) is 7.05 Å². The highest BCUT2D eigenvalue weighted by Gasteiger charge is 2.08. The van der Waals surface area contributed by atoms with Crippen LogP contribution >= 0.6 is 22.9 Å². The van der Waals surface area contributed by atoms with Crippen molar-refractivity contribution in [1.82, 2.24) is 15.5 Å². The Balaban J connectivity index is 2.31. The minimum Gasteiger partial charge on any atom is -0.313 e. The molecule has 0 unspecified atom stereocenters. The van der Waals surface area contributed by atoms with Gasteiger partial charge in [-0.15, -0.1) is 10.2 Å². The molecule has 0 fully saturated rings. The lowest BCUT2D eigenvalue weighted by molar-refractivity contribution is 0.629. The summed E-state index contributed by atoms with van der Waals surface area (Å²) in [5, 5.41) is 12.6. The van der Waals surface area contributed by atoms with Crippen LogP contribution in [0.15, 0.2) is 18.2 Å². The lowest BCUT2D eigenvalue weighted by atomic mass is 10.2. The third-order valence-electron chi connectivity index (χ3n) is 1.96. The van der Waals surface area contributed by atoms with E-state index in [9.17, 15) is 4.39 Å². The van der Waals surface area contributed by atoms with Crippen LogP contribution in [0, 0.1) is 5.82 Å². The molecule has 1 heterocycles. The van der Waals surface area contributed by atoms with Gasteiger partial charge in [-0.1, -0.05) is 29.0 Å². The van der Waals surface area contributed by atoms with Crippen molar-refractivity contribution in [3.8, 4) is 10.6 Å². The number of nitrogens with zero attached hydrogens (tertiary/aromatic N) is 2. The number of nitrogens with one attached hydrogen (secondary N) is 1.